The molecule has 1 aliphatic heterocycles. The third kappa shape index (κ3) is 2.55. The van der Waals surface area contributed by atoms with Gasteiger partial charge in [-0.05, 0) is 49.6 Å². The second-order valence-electron chi connectivity index (χ2n) is 6.25. The van der Waals surface area contributed by atoms with Gasteiger partial charge in [0.15, 0.2) is 0 Å². The van der Waals surface area contributed by atoms with E-state index in [1.807, 2.05) is 42.2 Å². The van der Waals surface area contributed by atoms with Gasteiger partial charge >= 0.3 is 0 Å². The number of carbonyl (C=O) groups is 1. The van der Waals surface area contributed by atoms with Gasteiger partial charge in [0.1, 0.15) is 5.01 Å². The summed E-state index contributed by atoms with van der Waals surface area (Å²) >= 11 is 1.69. The molecular formula is C19H19N3OS. The minimum absolute atomic E-state index is 0.0570. The number of benzene rings is 2. The molecule has 1 aliphatic rings. The highest BCUT2D eigenvalue weighted by Gasteiger charge is 2.33. The first-order valence-electron chi connectivity index (χ1n) is 8.16. The van der Waals surface area contributed by atoms with E-state index in [0.717, 1.165) is 35.5 Å². The number of amides is 1. The molecule has 1 aromatic heterocycles. The summed E-state index contributed by atoms with van der Waals surface area (Å²) in [6, 6.07) is 13.7. The van der Waals surface area contributed by atoms with Crippen LogP contribution in [0.5, 0.6) is 0 Å². The average Bonchev–Trinajstić information content (AvgIpc) is 3.22. The second kappa shape index (κ2) is 5.91. The molecule has 0 saturated carbocycles. The molecule has 1 saturated heterocycles. The van der Waals surface area contributed by atoms with Crippen LogP contribution in [0.3, 0.4) is 0 Å². The molecule has 1 atom stereocenters. The minimum Gasteiger partial charge on any atom is -0.399 e. The number of nitrogen functional groups attached to an aromatic ring is 1. The lowest BCUT2D eigenvalue weighted by Gasteiger charge is -2.24. The van der Waals surface area contributed by atoms with Crippen molar-refractivity contribution in [2.45, 2.75) is 25.8 Å². The number of hydrogen-bond acceptors (Lipinski definition) is 4. The van der Waals surface area contributed by atoms with Gasteiger partial charge in [0, 0.05) is 17.8 Å². The fourth-order valence-electron chi connectivity index (χ4n) is 3.32. The SMILES string of the molecule is Cc1ccc(N)cc1C(=O)N1CCCC1c1nc2ccccc2s1. The Balaban J connectivity index is 1.69. The molecule has 2 heterocycles. The predicted molar refractivity (Wildman–Crippen MR) is 98.2 cm³/mol. The molecule has 4 rings (SSSR count). The van der Waals surface area contributed by atoms with Gasteiger partial charge in [0.2, 0.25) is 0 Å². The van der Waals surface area contributed by atoms with E-state index in [2.05, 4.69) is 6.07 Å². The Kier molecular flexibility index (Phi) is 3.73. The van der Waals surface area contributed by atoms with E-state index in [0.29, 0.717) is 11.3 Å². The molecule has 1 fully saturated rings. The Morgan fingerprint density at radius 3 is 2.96 bits per heavy atom. The molecule has 5 heteroatoms. The third-order valence-electron chi connectivity index (χ3n) is 4.60. The predicted octanol–water partition coefficient (Wildman–Crippen LogP) is 4.16. The minimum atomic E-state index is 0.0570. The summed E-state index contributed by atoms with van der Waals surface area (Å²) in [5, 5.41) is 1.03. The lowest BCUT2D eigenvalue weighted by Crippen LogP contribution is -2.31. The number of para-hydroxylation sites is 1. The van der Waals surface area contributed by atoms with Crippen molar-refractivity contribution >= 4 is 33.1 Å². The van der Waals surface area contributed by atoms with Crippen molar-refractivity contribution < 1.29 is 4.79 Å². The first kappa shape index (κ1) is 15.1. The normalized spacial score (nSPS) is 17.5. The van der Waals surface area contributed by atoms with Crippen LogP contribution in [0.4, 0.5) is 5.69 Å². The van der Waals surface area contributed by atoms with Crippen LogP contribution in [0.2, 0.25) is 0 Å². The zero-order chi connectivity index (χ0) is 16.7. The van der Waals surface area contributed by atoms with Gasteiger partial charge in [-0.1, -0.05) is 18.2 Å². The standard InChI is InChI=1S/C19H19N3OS/c1-12-8-9-13(20)11-14(12)19(23)22-10-4-6-16(22)18-21-15-5-2-3-7-17(15)24-18/h2-3,5,7-9,11,16H,4,6,10,20H2,1H3. The summed E-state index contributed by atoms with van der Waals surface area (Å²) in [6.45, 7) is 2.73. The van der Waals surface area contributed by atoms with E-state index in [1.54, 1.807) is 17.4 Å². The van der Waals surface area contributed by atoms with Gasteiger partial charge in [-0.25, -0.2) is 4.98 Å². The van der Waals surface area contributed by atoms with Crippen LogP contribution in [-0.4, -0.2) is 22.3 Å². The van der Waals surface area contributed by atoms with Gasteiger partial charge < -0.3 is 10.6 Å². The summed E-state index contributed by atoms with van der Waals surface area (Å²) in [5.74, 6) is 0.0570. The molecular weight excluding hydrogens is 318 g/mol. The number of carbonyl (C=O) groups excluding carboxylic acids is 1. The van der Waals surface area contributed by atoms with Gasteiger partial charge in [0.05, 0.1) is 16.3 Å². The first-order valence-corrected chi connectivity index (χ1v) is 8.98. The van der Waals surface area contributed by atoms with Gasteiger partial charge in [-0.15, -0.1) is 11.3 Å². The summed E-state index contributed by atoms with van der Waals surface area (Å²) in [6.07, 6.45) is 1.97. The van der Waals surface area contributed by atoms with Crippen LogP contribution in [-0.2, 0) is 0 Å². The fraction of sp³-hybridized carbons (Fsp3) is 0.263. The molecule has 2 aromatic carbocycles. The van der Waals surface area contributed by atoms with E-state index in [9.17, 15) is 4.79 Å². The van der Waals surface area contributed by atoms with Gasteiger partial charge in [-0.3, -0.25) is 4.79 Å². The molecule has 0 aliphatic carbocycles. The van der Waals surface area contributed by atoms with Crippen molar-refractivity contribution in [2.75, 3.05) is 12.3 Å². The lowest BCUT2D eigenvalue weighted by molar-refractivity contribution is 0.0735. The Labute approximate surface area is 144 Å². The van der Waals surface area contributed by atoms with E-state index in [4.69, 9.17) is 10.7 Å². The number of thiazole rings is 1. The number of rotatable bonds is 2. The quantitative estimate of drug-likeness (QED) is 0.714. The Hall–Kier alpha value is -2.40. The van der Waals surface area contributed by atoms with Crippen LogP contribution in [0.15, 0.2) is 42.5 Å². The number of hydrogen-bond donors (Lipinski definition) is 1. The molecule has 2 N–H and O–H groups in total. The van der Waals surface area contributed by atoms with Crippen molar-refractivity contribution in [1.29, 1.82) is 0 Å². The van der Waals surface area contributed by atoms with Crippen LogP contribution >= 0.6 is 11.3 Å². The highest BCUT2D eigenvalue weighted by molar-refractivity contribution is 7.18. The van der Waals surface area contributed by atoms with E-state index >= 15 is 0 Å². The smallest absolute Gasteiger partial charge is 0.254 e. The van der Waals surface area contributed by atoms with Gasteiger partial charge in [-0.2, -0.15) is 0 Å². The first-order chi connectivity index (χ1) is 11.6. The van der Waals surface area contributed by atoms with Crippen molar-refractivity contribution in [1.82, 2.24) is 9.88 Å². The number of aryl methyl sites for hydroxylation is 1. The van der Waals surface area contributed by atoms with Gasteiger partial charge in [0.25, 0.3) is 5.91 Å². The third-order valence-corrected chi connectivity index (χ3v) is 5.74. The molecule has 122 valence electrons. The number of nitrogens with two attached hydrogens (primary N) is 1. The number of likely N-dealkylation sites (tertiary alicyclic amines) is 1. The van der Waals surface area contributed by atoms with Crippen LogP contribution < -0.4 is 5.73 Å². The maximum atomic E-state index is 13.1. The molecule has 3 aromatic rings. The summed E-state index contributed by atoms with van der Waals surface area (Å²) in [7, 11) is 0. The number of nitrogens with zero attached hydrogens (tertiary/aromatic N) is 2. The molecule has 0 spiro atoms. The summed E-state index contributed by atoms with van der Waals surface area (Å²) < 4.78 is 1.17. The van der Waals surface area contributed by atoms with Crippen LogP contribution in [0.1, 0.15) is 39.8 Å². The fourth-order valence-corrected chi connectivity index (χ4v) is 4.44. The van der Waals surface area contributed by atoms with Crippen LogP contribution in [0, 0.1) is 6.92 Å². The maximum Gasteiger partial charge on any atom is 0.254 e. The van der Waals surface area contributed by atoms with Crippen molar-refractivity contribution in [3.63, 3.8) is 0 Å². The van der Waals surface area contributed by atoms with Crippen LogP contribution in [0.25, 0.3) is 10.2 Å². The Morgan fingerprint density at radius 2 is 2.12 bits per heavy atom. The summed E-state index contributed by atoms with van der Waals surface area (Å²) in [5.41, 5.74) is 9.17. The highest BCUT2D eigenvalue weighted by Crippen LogP contribution is 2.37. The second-order valence-corrected chi connectivity index (χ2v) is 7.31. The topological polar surface area (TPSA) is 59.2 Å². The molecule has 4 nitrogen and oxygen atoms in total. The maximum absolute atomic E-state index is 13.1. The summed E-state index contributed by atoms with van der Waals surface area (Å²) in [4.78, 5) is 19.8. The highest BCUT2D eigenvalue weighted by atomic mass is 32.1. The lowest BCUT2D eigenvalue weighted by atomic mass is 10.1. The zero-order valence-corrected chi connectivity index (χ0v) is 14.3. The van der Waals surface area contributed by atoms with Crippen molar-refractivity contribution in [2.24, 2.45) is 0 Å². The molecule has 0 radical (unpaired) electrons. The molecule has 1 amide bonds. The number of aromatic nitrogens is 1. The molecule has 1 unspecified atom stereocenters. The monoisotopic (exact) mass is 337 g/mol. The van der Waals surface area contributed by atoms with E-state index < -0.39 is 0 Å². The average molecular weight is 337 g/mol. The molecule has 0 bridgehead atoms. The Bertz CT molecular complexity index is 885. The molecule has 24 heavy (non-hydrogen) atoms. The van der Waals surface area contributed by atoms with E-state index in [-0.39, 0.29) is 11.9 Å². The zero-order valence-electron chi connectivity index (χ0n) is 13.5. The number of anilines is 1. The van der Waals surface area contributed by atoms with Crippen molar-refractivity contribution in [3.8, 4) is 0 Å². The largest absolute Gasteiger partial charge is 0.399 e. The van der Waals surface area contributed by atoms with E-state index in [1.165, 1.54) is 4.70 Å². The van der Waals surface area contributed by atoms with Crippen molar-refractivity contribution in [3.05, 3.63) is 58.6 Å². The number of fused-ring (bicyclic) bond motifs is 1. The Morgan fingerprint density at radius 1 is 1.29 bits per heavy atom.